The maximum Gasteiger partial charge on any atom is 0.123 e. The fourth-order valence-electron chi connectivity index (χ4n) is 2.71. The number of rotatable bonds is 5. The lowest BCUT2D eigenvalue weighted by Crippen LogP contribution is -2.33. The number of benzene rings is 1. The van der Waals surface area contributed by atoms with E-state index in [2.05, 4.69) is 43.9 Å². The van der Waals surface area contributed by atoms with Gasteiger partial charge in [-0.3, -0.25) is 4.90 Å². The quantitative estimate of drug-likeness (QED) is 0.795. The van der Waals surface area contributed by atoms with Gasteiger partial charge in [0.05, 0.1) is 0 Å². The summed E-state index contributed by atoms with van der Waals surface area (Å²) in [7, 11) is 0. The monoisotopic (exact) mass is 261 g/mol. The van der Waals surface area contributed by atoms with E-state index in [1.807, 2.05) is 0 Å². The summed E-state index contributed by atoms with van der Waals surface area (Å²) in [4.78, 5) is 2.52. The average Bonchev–Trinajstić information content (AvgIpc) is 2.39. The minimum Gasteiger partial charge on any atom is -0.492 e. The highest BCUT2D eigenvalue weighted by Gasteiger charge is 2.11. The molecule has 0 unspecified atom stereocenters. The van der Waals surface area contributed by atoms with Crippen LogP contribution in [0.4, 0.5) is 0 Å². The zero-order valence-electron chi connectivity index (χ0n) is 12.6. The fourth-order valence-corrected chi connectivity index (χ4v) is 2.71. The molecule has 0 bridgehead atoms. The van der Waals surface area contributed by atoms with Gasteiger partial charge in [-0.25, -0.2) is 0 Å². The summed E-state index contributed by atoms with van der Waals surface area (Å²) in [6.07, 6.45) is 4.09. The first-order valence-electron chi connectivity index (χ1n) is 7.62. The second-order valence-electron chi connectivity index (χ2n) is 5.95. The molecule has 106 valence electrons. The molecule has 0 amide bonds. The van der Waals surface area contributed by atoms with Crippen LogP contribution in [0.2, 0.25) is 0 Å². The van der Waals surface area contributed by atoms with Crippen LogP contribution in [0.15, 0.2) is 18.2 Å². The fraction of sp³-hybridized carbons (Fsp3) is 0.647. The van der Waals surface area contributed by atoms with E-state index in [0.717, 1.165) is 18.9 Å². The summed E-state index contributed by atoms with van der Waals surface area (Å²) < 4.78 is 6.04. The van der Waals surface area contributed by atoms with Crippen molar-refractivity contribution in [3.05, 3.63) is 29.3 Å². The third-order valence-electron chi connectivity index (χ3n) is 3.90. The SMILES string of the molecule is Cc1ccc(C(C)C)c(OCCN2CCCCC2)c1. The van der Waals surface area contributed by atoms with E-state index in [1.165, 1.54) is 43.5 Å². The predicted octanol–water partition coefficient (Wildman–Crippen LogP) is 3.98. The molecule has 1 fully saturated rings. The molecule has 0 radical (unpaired) electrons. The van der Waals surface area contributed by atoms with Crippen LogP contribution in [0.1, 0.15) is 50.2 Å². The minimum atomic E-state index is 0.519. The molecule has 0 aromatic heterocycles. The second-order valence-corrected chi connectivity index (χ2v) is 5.95. The number of ether oxygens (including phenoxy) is 1. The molecule has 0 aliphatic carbocycles. The number of hydrogen-bond donors (Lipinski definition) is 0. The van der Waals surface area contributed by atoms with E-state index in [4.69, 9.17) is 4.74 Å². The molecular weight excluding hydrogens is 234 g/mol. The van der Waals surface area contributed by atoms with Crippen LogP contribution in [0.25, 0.3) is 0 Å². The van der Waals surface area contributed by atoms with Crippen LogP contribution in [-0.2, 0) is 0 Å². The lowest BCUT2D eigenvalue weighted by Gasteiger charge is -2.26. The topological polar surface area (TPSA) is 12.5 Å². The van der Waals surface area contributed by atoms with Crippen molar-refractivity contribution in [2.24, 2.45) is 0 Å². The van der Waals surface area contributed by atoms with Crippen LogP contribution in [-0.4, -0.2) is 31.1 Å². The summed E-state index contributed by atoms with van der Waals surface area (Å²) >= 11 is 0. The molecule has 2 rings (SSSR count). The first-order valence-corrected chi connectivity index (χ1v) is 7.62. The van der Waals surface area contributed by atoms with E-state index in [-0.39, 0.29) is 0 Å². The molecule has 1 heterocycles. The Kier molecular flexibility index (Phi) is 5.26. The third kappa shape index (κ3) is 4.24. The average molecular weight is 261 g/mol. The Morgan fingerprint density at radius 3 is 2.58 bits per heavy atom. The van der Waals surface area contributed by atoms with Gasteiger partial charge in [0.1, 0.15) is 12.4 Å². The number of aryl methyl sites for hydroxylation is 1. The van der Waals surface area contributed by atoms with Crippen molar-refractivity contribution >= 4 is 0 Å². The van der Waals surface area contributed by atoms with Crippen LogP contribution in [0.5, 0.6) is 5.75 Å². The zero-order valence-corrected chi connectivity index (χ0v) is 12.6. The molecule has 1 aliphatic heterocycles. The molecule has 1 saturated heterocycles. The molecule has 19 heavy (non-hydrogen) atoms. The van der Waals surface area contributed by atoms with Crippen LogP contribution < -0.4 is 4.74 Å². The summed E-state index contributed by atoms with van der Waals surface area (Å²) in [5.41, 5.74) is 2.60. The maximum atomic E-state index is 6.04. The first kappa shape index (κ1) is 14.4. The van der Waals surface area contributed by atoms with Gasteiger partial charge in [-0.15, -0.1) is 0 Å². The Morgan fingerprint density at radius 2 is 1.89 bits per heavy atom. The third-order valence-corrected chi connectivity index (χ3v) is 3.90. The Morgan fingerprint density at radius 1 is 1.16 bits per heavy atom. The lowest BCUT2D eigenvalue weighted by atomic mass is 10.0. The van der Waals surface area contributed by atoms with Crippen molar-refractivity contribution in [1.82, 2.24) is 4.90 Å². The number of hydrogen-bond acceptors (Lipinski definition) is 2. The zero-order chi connectivity index (χ0) is 13.7. The van der Waals surface area contributed by atoms with E-state index in [0.29, 0.717) is 5.92 Å². The van der Waals surface area contributed by atoms with E-state index >= 15 is 0 Å². The van der Waals surface area contributed by atoms with Crippen molar-refractivity contribution in [2.75, 3.05) is 26.2 Å². The van der Waals surface area contributed by atoms with Gasteiger partial charge in [0.25, 0.3) is 0 Å². The molecule has 2 nitrogen and oxygen atoms in total. The molecule has 0 spiro atoms. The van der Waals surface area contributed by atoms with Gasteiger partial charge in [-0.05, 0) is 56.0 Å². The first-order chi connectivity index (χ1) is 9.16. The molecule has 0 saturated carbocycles. The maximum absolute atomic E-state index is 6.04. The minimum absolute atomic E-state index is 0.519. The lowest BCUT2D eigenvalue weighted by molar-refractivity contribution is 0.182. The predicted molar refractivity (Wildman–Crippen MR) is 81.1 cm³/mol. The highest BCUT2D eigenvalue weighted by atomic mass is 16.5. The highest BCUT2D eigenvalue weighted by Crippen LogP contribution is 2.27. The van der Waals surface area contributed by atoms with Gasteiger partial charge in [0.15, 0.2) is 0 Å². The van der Waals surface area contributed by atoms with Crippen molar-refractivity contribution in [3.63, 3.8) is 0 Å². The molecular formula is C17H27NO. The Labute approximate surface area is 117 Å². The van der Waals surface area contributed by atoms with Crippen LogP contribution in [0, 0.1) is 6.92 Å². The number of likely N-dealkylation sites (tertiary alicyclic amines) is 1. The summed E-state index contributed by atoms with van der Waals surface area (Å²) in [6.45, 7) is 10.9. The van der Waals surface area contributed by atoms with Crippen molar-refractivity contribution in [2.45, 2.75) is 46.0 Å². The van der Waals surface area contributed by atoms with Gasteiger partial charge in [-0.2, -0.15) is 0 Å². The standard InChI is InChI=1S/C17H27NO/c1-14(2)16-8-7-15(3)13-17(16)19-12-11-18-9-5-4-6-10-18/h7-8,13-14H,4-6,9-12H2,1-3H3. The van der Waals surface area contributed by atoms with Gasteiger partial charge < -0.3 is 4.74 Å². The molecule has 0 N–H and O–H groups in total. The molecule has 1 aromatic carbocycles. The van der Waals surface area contributed by atoms with Crippen molar-refractivity contribution in [1.29, 1.82) is 0 Å². The Bertz CT molecular complexity index is 394. The molecule has 1 aliphatic rings. The second kappa shape index (κ2) is 6.95. The smallest absolute Gasteiger partial charge is 0.123 e. The summed E-state index contributed by atoms with van der Waals surface area (Å²) in [5, 5.41) is 0. The Hall–Kier alpha value is -1.02. The van der Waals surface area contributed by atoms with E-state index in [1.54, 1.807) is 0 Å². The molecule has 1 aromatic rings. The van der Waals surface area contributed by atoms with Crippen molar-refractivity contribution in [3.8, 4) is 5.75 Å². The van der Waals surface area contributed by atoms with Gasteiger partial charge in [-0.1, -0.05) is 32.4 Å². The number of nitrogens with zero attached hydrogens (tertiary/aromatic N) is 1. The van der Waals surface area contributed by atoms with Gasteiger partial charge in [0, 0.05) is 6.54 Å². The number of piperidine rings is 1. The van der Waals surface area contributed by atoms with Crippen molar-refractivity contribution < 1.29 is 4.74 Å². The summed E-state index contributed by atoms with van der Waals surface area (Å²) in [5.74, 6) is 1.59. The Balaban J connectivity index is 1.89. The largest absolute Gasteiger partial charge is 0.492 e. The van der Waals surface area contributed by atoms with Crippen LogP contribution in [0.3, 0.4) is 0 Å². The van der Waals surface area contributed by atoms with Crippen LogP contribution >= 0.6 is 0 Å². The normalized spacial score (nSPS) is 16.8. The van der Waals surface area contributed by atoms with Gasteiger partial charge in [0.2, 0.25) is 0 Å². The van der Waals surface area contributed by atoms with E-state index < -0.39 is 0 Å². The molecule has 0 atom stereocenters. The van der Waals surface area contributed by atoms with E-state index in [9.17, 15) is 0 Å². The highest BCUT2D eigenvalue weighted by molar-refractivity contribution is 5.39. The van der Waals surface area contributed by atoms with Gasteiger partial charge >= 0.3 is 0 Å². The molecule has 2 heteroatoms. The summed E-state index contributed by atoms with van der Waals surface area (Å²) in [6, 6.07) is 6.55.